The first-order valence-electron chi connectivity index (χ1n) is 22.3. The van der Waals surface area contributed by atoms with Crippen molar-refractivity contribution in [1.82, 2.24) is 29.9 Å². The van der Waals surface area contributed by atoms with E-state index in [1.807, 2.05) is 47.2 Å². The molecule has 6 heterocycles. The molecule has 9 rings (SSSR count). The molecule has 0 radical (unpaired) electrons. The molecule has 59 heavy (non-hydrogen) atoms. The standard InChI is InChI=1S/C47H57N9O3/c1-31-25-38(32(2)24-37(31)45-29-54(22-23-59-45)43-27-40(50-51-46(43)48)36-8-4-5-11-44(36)57)47(58)53-20-12-34(13-21-53)28-52-18-14-35(15-19-52)56-33(3)26-39-41(9-6-10-42(39)56)55-17-7-16-49-30-55/h4-11,17,24-27,34-35,45,49,57H,12-16,18-23,28-30H2,1-3H3,(H2,48,51)/i16D,30D. The lowest BCUT2D eigenvalue weighted by Gasteiger charge is -2.38. The number of nitrogens with one attached hydrogen (secondary N) is 1. The Morgan fingerprint density at radius 3 is 2.54 bits per heavy atom. The Morgan fingerprint density at radius 2 is 1.75 bits per heavy atom. The fourth-order valence-corrected chi connectivity index (χ4v) is 9.74. The fraction of sp³-hybridized carbons (Fsp3) is 0.426. The third-order valence-electron chi connectivity index (χ3n) is 12.9. The molecule has 0 saturated carbocycles. The van der Waals surface area contributed by atoms with Crippen LogP contribution in [0.25, 0.3) is 22.2 Å². The average Bonchev–Trinajstić information content (AvgIpc) is 3.61. The van der Waals surface area contributed by atoms with Gasteiger partial charge < -0.3 is 39.7 Å². The SMILES string of the molecule is [2H]C1C=CN(c2cccc3c2cc(C)n3C2CCN(CC3CCN(C(=O)c4cc(C)c(C5CN(c6cc(-c7ccccc7O)nnc6N)CCO5)cc4C)CC3)CC2)C([2H])N1. The number of aromatic hydroxyl groups is 1. The number of hydrogen-bond acceptors (Lipinski definition) is 10. The predicted molar refractivity (Wildman–Crippen MR) is 235 cm³/mol. The zero-order valence-electron chi connectivity index (χ0n) is 36.3. The number of phenolic OH excluding ortho intramolecular Hbond substituents is 1. The monoisotopic (exact) mass is 797 g/mol. The number of fused-ring (bicyclic) bond motifs is 1. The van der Waals surface area contributed by atoms with Crippen LogP contribution in [0.5, 0.6) is 5.75 Å². The van der Waals surface area contributed by atoms with Crippen molar-refractivity contribution in [2.45, 2.75) is 58.6 Å². The molecule has 3 unspecified atom stereocenters. The van der Waals surface area contributed by atoms with E-state index in [0.717, 1.165) is 97.4 Å². The summed E-state index contributed by atoms with van der Waals surface area (Å²) in [6, 6.07) is 22.1. The molecule has 0 spiro atoms. The number of benzene rings is 3. The van der Waals surface area contributed by atoms with Gasteiger partial charge in [-0.15, -0.1) is 10.2 Å². The molecule has 4 aliphatic rings. The van der Waals surface area contributed by atoms with Gasteiger partial charge >= 0.3 is 0 Å². The normalized spacial score (nSPS) is 22.8. The van der Waals surface area contributed by atoms with Gasteiger partial charge in [-0.25, -0.2) is 0 Å². The van der Waals surface area contributed by atoms with Crippen LogP contribution in [0, 0.1) is 26.7 Å². The minimum atomic E-state index is -0.697. The van der Waals surface area contributed by atoms with E-state index in [1.54, 1.807) is 18.2 Å². The van der Waals surface area contributed by atoms with Crippen molar-refractivity contribution in [3.63, 3.8) is 0 Å². The van der Waals surface area contributed by atoms with Crippen LogP contribution in [0.2, 0.25) is 0 Å². The number of aryl methyl sites for hydroxylation is 3. The van der Waals surface area contributed by atoms with Crippen molar-refractivity contribution in [3.8, 4) is 17.0 Å². The van der Waals surface area contributed by atoms with Crippen molar-refractivity contribution >= 4 is 34.0 Å². The third-order valence-corrected chi connectivity index (χ3v) is 12.9. The van der Waals surface area contributed by atoms with E-state index in [1.165, 1.54) is 11.2 Å². The van der Waals surface area contributed by atoms with Gasteiger partial charge in [0.1, 0.15) is 11.9 Å². The van der Waals surface area contributed by atoms with E-state index in [0.29, 0.717) is 48.7 Å². The van der Waals surface area contributed by atoms with E-state index in [-0.39, 0.29) is 17.8 Å². The number of nitrogen functional groups attached to an aromatic ring is 1. The summed E-state index contributed by atoms with van der Waals surface area (Å²) >= 11 is 0. The van der Waals surface area contributed by atoms with Crippen LogP contribution in [-0.2, 0) is 4.74 Å². The molecule has 3 atom stereocenters. The number of para-hydroxylation sites is 1. The largest absolute Gasteiger partial charge is 0.507 e. The number of morpholine rings is 1. The number of nitrogens with two attached hydrogens (primary N) is 1. The van der Waals surface area contributed by atoms with E-state index < -0.39 is 13.2 Å². The summed E-state index contributed by atoms with van der Waals surface area (Å²) in [5.74, 6) is 1.14. The number of carbonyl (C=O) groups excluding carboxylic acids is 1. The average molecular weight is 798 g/mol. The van der Waals surface area contributed by atoms with Crippen molar-refractivity contribution in [2.75, 3.05) is 81.1 Å². The topological polar surface area (TPSA) is 128 Å². The zero-order chi connectivity index (χ0) is 42.4. The van der Waals surface area contributed by atoms with Crippen molar-refractivity contribution in [1.29, 1.82) is 0 Å². The van der Waals surface area contributed by atoms with Crippen LogP contribution in [0.4, 0.5) is 17.2 Å². The molecule has 12 heteroatoms. The number of piperidine rings is 2. The van der Waals surface area contributed by atoms with Gasteiger partial charge in [0.25, 0.3) is 5.91 Å². The van der Waals surface area contributed by atoms with Gasteiger partial charge in [0.2, 0.25) is 0 Å². The van der Waals surface area contributed by atoms with Gasteiger partial charge in [-0.05, 0) is 112 Å². The van der Waals surface area contributed by atoms with Crippen molar-refractivity contribution in [3.05, 3.63) is 107 Å². The zero-order valence-corrected chi connectivity index (χ0v) is 34.3. The van der Waals surface area contributed by atoms with Crippen LogP contribution in [-0.4, -0.2) is 101 Å². The molecule has 4 aliphatic heterocycles. The van der Waals surface area contributed by atoms with E-state index in [4.69, 9.17) is 13.2 Å². The summed E-state index contributed by atoms with van der Waals surface area (Å²) in [6.45, 7) is 11.5. The fourth-order valence-electron chi connectivity index (χ4n) is 9.74. The van der Waals surface area contributed by atoms with Crippen LogP contribution in [0.15, 0.2) is 79.0 Å². The summed E-state index contributed by atoms with van der Waals surface area (Å²) in [7, 11) is 0. The number of aromatic nitrogens is 3. The van der Waals surface area contributed by atoms with Gasteiger partial charge in [0, 0.05) is 88.2 Å². The molecule has 5 aromatic rings. The number of rotatable bonds is 8. The van der Waals surface area contributed by atoms with Gasteiger partial charge in [-0.3, -0.25) is 10.1 Å². The molecular weight excluding hydrogens is 739 g/mol. The third kappa shape index (κ3) is 7.89. The van der Waals surface area contributed by atoms with Crippen LogP contribution >= 0.6 is 0 Å². The quantitative estimate of drug-likeness (QED) is 0.152. The lowest BCUT2D eigenvalue weighted by atomic mass is 9.92. The number of amides is 1. The molecule has 1 amide bonds. The molecule has 3 saturated heterocycles. The summed E-state index contributed by atoms with van der Waals surface area (Å²) < 4.78 is 25.3. The second-order valence-electron chi connectivity index (χ2n) is 16.7. The number of phenols is 1. The molecule has 3 aromatic carbocycles. The lowest BCUT2D eigenvalue weighted by Crippen LogP contribution is -2.43. The van der Waals surface area contributed by atoms with Gasteiger partial charge in [0.15, 0.2) is 5.82 Å². The molecule has 4 N–H and O–H groups in total. The van der Waals surface area contributed by atoms with Crippen molar-refractivity contribution < 1.29 is 17.4 Å². The van der Waals surface area contributed by atoms with Crippen molar-refractivity contribution in [2.24, 2.45) is 5.92 Å². The number of carbonyl (C=O) groups is 1. The molecule has 308 valence electrons. The molecule has 2 aromatic heterocycles. The first kappa shape index (κ1) is 36.6. The summed E-state index contributed by atoms with van der Waals surface area (Å²) in [6.07, 6.45) is 7.63. The molecule has 0 bridgehead atoms. The second-order valence-corrected chi connectivity index (χ2v) is 16.7. The lowest BCUT2D eigenvalue weighted by molar-refractivity contribution is 0.0393. The Morgan fingerprint density at radius 1 is 0.932 bits per heavy atom. The Balaban J connectivity index is 0.792. The second kappa shape index (κ2) is 16.7. The first-order valence-corrected chi connectivity index (χ1v) is 21.1. The highest BCUT2D eigenvalue weighted by atomic mass is 16.5. The molecular formula is C47H57N9O3. The molecule has 0 aliphatic carbocycles. The number of nitrogens with zero attached hydrogens (tertiary/aromatic N) is 7. The number of hydrogen-bond donors (Lipinski definition) is 3. The van der Waals surface area contributed by atoms with E-state index in [2.05, 4.69) is 74.1 Å². The maximum atomic E-state index is 14.0. The van der Waals surface area contributed by atoms with Gasteiger partial charge in [-0.2, -0.15) is 0 Å². The van der Waals surface area contributed by atoms with Gasteiger partial charge in [-0.1, -0.05) is 30.3 Å². The molecule has 12 nitrogen and oxygen atoms in total. The van der Waals surface area contributed by atoms with Crippen LogP contribution in [0.1, 0.15) is 73.3 Å². The predicted octanol–water partition coefficient (Wildman–Crippen LogP) is 6.96. The Bertz CT molecular complexity index is 2440. The highest BCUT2D eigenvalue weighted by Gasteiger charge is 2.31. The number of ether oxygens (including phenoxy) is 1. The molecule has 3 fully saturated rings. The number of anilines is 3. The maximum Gasteiger partial charge on any atom is 0.254 e. The summed E-state index contributed by atoms with van der Waals surface area (Å²) in [5, 5.41) is 23.0. The summed E-state index contributed by atoms with van der Waals surface area (Å²) in [5.41, 5.74) is 15.5. The Hall–Kier alpha value is -5.43. The Kier molecular flexibility index (Phi) is 10.4. The highest BCUT2D eigenvalue weighted by molar-refractivity contribution is 5.96. The first-order chi connectivity index (χ1) is 29.5. The smallest absolute Gasteiger partial charge is 0.254 e. The maximum absolute atomic E-state index is 14.0. The number of likely N-dealkylation sites (tertiary alicyclic amines) is 2. The van der Waals surface area contributed by atoms with Crippen LogP contribution in [0.3, 0.4) is 0 Å². The van der Waals surface area contributed by atoms with E-state index >= 15 is 0 Å². The van der Waals surface area contributed by atoms with Gasteiger partial charge in [0.05, 0.1) is 37.2 Å². The van der Waals surface area contributed by atoms with Crippen LogP contribution < -0.4 is 20.9 Å². The Labute approximate surface area is 350 Å². The summed E-state index contributed by atoms with van der Waals surface area (Å²) in [4.78, 5) is 22.8. The minimum Gasteiger partial charge on any atom is -0.507 e. The van der Waals surface area contributed by atoms with E-state index in [9.17, 15) is 9.90 Å². The highest BCUT2D eigenvalue weighted by Crippen LogP contribution is 2.37. The minimum absolute atomic E-state index is 0.105.